The lowest BCUT2D eigenvalue weighted by Gasteiger charge is -2.50. The molecule has 1 amide bonds. The topological polar surface area (TPSA) is 48.9 Å². The molecule has 2 aliphatic heterocycles. The van der Waals surface area contributed by atoms with Gasteiger partial charge in [-0.2, -0.15) is 0 Å². The SMILES string of the molecule is COCCN(c1ccc(Br)cc1)C1CCN(C2(C)CCN(C(=O)c3c(C)cc(-c4ccncc4)cc3C)CC2)CC1. The second-order valence-electron chi connectivity index (χ2n) is 11.9. The van der Waals surface area contributed by atoms with Crippen molar-refractivity contribution in [2.45, 2.75) is 58.0 Å². The Morgan fingerprint density at radius 1 is 0.976 bits per heavy atom. The summed E-state index contributed by atoms with van der Waals surface area (Å²) in [6.07, 6.45) is 7.92. The van der Waals surface area contributed by atoms with Crippen LogP contribution in [0.25, 0.3) is 11.1 Å². The van der Waals surface area contributed by atoms with Crippen LogP contribution in [-0.4, -0.2) is 78.7 Å². The molecule has 41 heavy (non-hydrogen) atoms. The second-order valence-corrected chi connectivity index (χ2v) is 12.8. The van der Waals surface area contributed by atoms with Crippen molar-refractivity contribution in [1.82, 2.24) is 14.8 Å². The van der Waals surface area contributed by atoms with Crippen molar-refractivity contribution in [3.05, 3.63) is 82.1 Å². The van der Waals surface area contributed by atoms with Crippen LogP contribution in [-0.2, 0) is 4.74 Å². The van der Waals surface area contributed by atoms with Gasteiger partial charge in [0.1, 0.15) is 0 Å². The number of carbonyl (C=O) groups excluding carboxylic acids is 1. The van der Waals surface area contributed by atoms with E-state index >= 15 is 0 Å². The number of likely N-dealkylation sites (tertiary alicyclic amines) is 2. The monoisotopic (exact) mass is 618 g/mol. The van der Waals surface area contributed by atoms with Gasteiger partial charge in [0, 0.05) is 79.5 Å². The maximum Gasteiger partial charge on any atom is 0.254 e. The van der Waals surface area contributed by atoms with Crippen molar-refractivity contribution >= 4 is 27.5 Å². The van der Waals surface area contributed by atoms with Gasteiger partial charge in [-0.1, -0.05) is 28.1 Å². The predicted octanol–water partition coefficient (Wildman–Crippen LogP) is 6.74. The van der Waals surface area contributed by atoms with Crippen molar-refractivity contribution < 1.29 is 9.53 Å². The number of pyridine rings is 1. The summed E-state index contributed by atoms with van der Waals surface area (Å²) in [5.41, 5.74) is 6.60. The minimum absolute atomic E-state index is 0.131. The highest BCUT2D eigenvalue weighted by Gasteiger charge is 2.39. The molecule has 6 nitrogen and oxygen atoms in total. The van der Waals surface area contributed by atoms with E-state index in [-0.39, 0.29) is 11.4 Å². The smallest absolute Gasteiger partial charge is 0.254 e. The molecule has 218 valence electrons. The fraction of sp³-hybridized carbons (Fsp3) is 0.471. The fourth-order valence-corrected chi connectivity index (χ4v) is 7.00. The van der Waals surface area contributed by atoms with Gasteiger partial charge >= 0.3 is 0 Å². The van der Waals surface area contributed by atoms with E-state index in [4.69, 9.17) is 4.74 Å². The molecular weight excluding hydrogens is 576 g/mol. The van der Waals surface area contributed by atoms with Gasteiger partial charge in [-0.05, 0) is 105 Å². The van der Waals surface area contributed by atoms with Gasteiger partial charge in [0.25, 0.3) is 5.91 Å². The molecule has 0 aliphatic carbocycles. The van der Waals surface area contributed by atoms with Crippen LogP contribution in [0, 0.1) is 13.8 Å². The molecule has 2 saturated heterocycles. The van der Waals surface area contributed by atoms with Crippen LogP contribution in [0.2, 0.25) is 0 Å². The molecule has 0 atom stereocenters. The standard InChI is InChI=1S/C34H43BrN4O2/c1-25-23-28(27-9-15-36-16-10-27)24-26(2)32(25)33(40)37-19-13-34(3,14-20-37)38-17-11-31(12-18-38)39(21-22-41-4)30-7-5-29(35)6-8-30/h5-10,15-16,23-24,31H,11-14,17-22H2,1-4H3. The zero-order chi connectivity index (χ0) is 29.0. The minimum atomic E-state index is 0.131. The number of piperidine rings is 2. The molecule has 0 saturated carbocycles. The lowest BCUT2D eigenvalue weighted by Crippen LogP contribution is -2.58. The average molecular weight is 620 g/mol. The van der Waals surface area contributed by atoms with Crippen LogP contribution in [0.5, 0.6) is 0 Å². The lowest BCUT2D eigenvalue weighted by atomic mass is 9.84. The number of aromatic nitrogens is 1. The van der Waals surface area contributed by atoms with Crippen molar-refractivity contribution in [3.8, 4) is 11.1 Å². The number of carbonyl (C=O) groups is 1. The number of rotatable bonds is 8. The van der Waals surface area contributed by atoms with Gasteiger partial charge < -0.3 is 14.5 Å². The van der Waals surface area contributed by atoms with E-state index in [1.54, 1.807) is 7.11 Å². The Bertz CT molecular complexity index is 1290. The lowest BCUT2D eigenvalue weighted by molar-refractivity contribution is 0.0169. The highest BCUT2D eigenvalue weighted by Crippen LogP contribution is 2.34. The Morgan fingerprint density at radius 3 is 2.17 bits per heavy atom. The third-order valence-electron chi connectivity index (χ3n) is 9.25. The van der Waals surface area contributed by atoms with E-state index in [9.17, 15) is 4.79 Å². The number of benzene rings is 2. The predicted molar refractivity (Wildman–Crippen MR) is 171 cm³/mol. The molecule has 0 unspecified atom stereocenters. The van der Waals surface area contributed by atoms with Crippen molar-refractivity contribution in [3.63, 3.8) is 0 Å². The van der Waals surface area contributed by atoms with Gasteiger partial charge in [-0.25, -0.2) is 0 Å². The summed E-state index contributed by atoms with van der Waals surface area (Å²) in [5, 5.41) is 0. The van der Waals surface area contributed by atoms with Crippen LogP contribution in [0.15, 0.2) is 65.4 Å². The molecule has 7 heteroatoms. The van der Waals surface area contributed by atoms with E-state index in [0.29, 0.717) is 6.04 Å². The van der Waals surface area contributed by atoms with Gasteiger partial charge in [-0.15, -0.1) is 0 Å². The quantitative estimate of drug-likeness (QED) is 0.280. The summed E-state index contributed by atoms with van der Waals surface area (Å²) in [7, 11) is 1.78. The van der Waals surface area contributed by atoms with Crippen LogP contribution in [0.4, 0.5) is 5.69 Å². The number of ether oxygens (including phenoxy) is 1. The second kappa shape index (κ2) is 13.1. The number of hydrogen-bond acceptors (Lipinski definition) is 5. The van der Waals surface area contributed by atoms with Crippen LogP contribution in [0.3, 0.4) is 0 Å². The molecule has 3 heterocycles. The maximum absolute atomic E-state index is 13.7. The molecule has 5 rings (SSSR count). The van der Waals surface area contributed by atoms with Crippen LogP contribution >= 0.6 is 15.9 Å². The van der Waals surface area contributed by atoms with E-state index in [2.05, 4.69) is 92.8 Å². The van der Waals surface area contributed by atoms with E-state index < -0.39 is 0 Å². The molecule has 0 N–H and O–H groups in total. The number of halogens is 1. The number of methoxy groups -OCH3 is 1. The van der Waals surface area contributed by atoms with E-state index in [1.165, 1.54) is 5.69 Å². The number of aryl methyl sites for hydroxylation is 2. The van der Waals surface area contributed by atoms with Gasteiger partial charge in [0.15, 0.2) is 0 Å². The molecule has 2 aliphatic rings. The third-order valence-corrected chi connectivity index (χ3v) is 9.78. The Hall–Kier alpha value is -2.74. The Kier molecular flexibility index (Phi) is 9.47. The highest BCUT2D eigenvalue weighted by molar-refractivity contribution is 9.10. The summed E-state index contributed by atoms with van der Waals surface area (Å²) >= 11 is 3.57. The number of amides is 1. The molecule has 3 aromatic rings. The molecule has 0 bridgehead atoms. The Labute approximate surface area is 253 Å². The zero-order valence-electron chi connectivity index (χ0n) is 24.9. The maximum atomic E-state index is 13.7. The fourth-order valence-electron chi connectivity index (χ4n) is 6.74. The summed E-state index contributed by atoms with van der Waals surface area (Å²) in [5.74, 6) is 0.172. The molecule has 1 aromatic heterocycles. The molecule has 0 radical (unpaired) electrons. The van der Waals surface area contributed by atoms with Crippen molar-refractivity contribution in [2.24, 2.45) is 0 Å². The first kappa shape index (κ1) is 29.7. The third kappa shape index (κ3) is 6.68. The highest BCUT2D eigenvalue weighted by atomic mass is 79.9. The van der Waals surface area contributed by atoms with Gasteiger partial charge in [0.2, 0.25) is 0 Å². The van der Waals surface area contributed by atoms with Crippen molar-refractivity contribution in [1.29, 1.82) is 0 Å². The number of hydrogen-bond donors (Lipinski definition) is 0. The summed E-state index contributed by atoms with van der Waals surface area (Å²) in [4.78, 5) is 25.2. The summed E-state index contributed by atoms with van der Waals surface area (Å²) in [6.45, 7) is 11.9. The molecule has 2 fully saturated rings. The summed E-state index contributed by atoms with van der Waals surface area (Å²) in [6, 6.07) is 17.5. The Balaban J connectivity index is 1.20. The Morgan fingerprint density at radius 2 is 1.59 bits per heavy atom. The van der Waals surface area contributed by atoms with E-state index in [1.807, 2.05) is 24.5 Å². The van der Waals surface area contributed by atoms with Crippen molar-refractivity contribution in [2.75, 3.05) is 51.3 Å². The minimum Gasteiger partial charge on any atom is -0.383 e. The van der Waals surface area contributed by atoms with Gasteiger partial charge in [-0.3, -0.25) is 14.7 Å². The average Bonchev–Trinajstić information content (AvgIpc) is 2.99. The molecule has 0 spiro atoms. The normalized spacial score (nSPS) is 17.9. The molecule has 2 aromatic carbocycles. The van der Waals surface area contributed by atoms with E-state index in [0.717, 1.165) is 97.3 Å². The first-order valence-corrected chi connectivity index (χ1v) is 15.7. The first-order valence-electron chi connectivity index (χ1n) is 14.9. The van der Waals surface area contributed by atoms with Crippen LogP contribution in [0.1, 0.15) is 54.1 Å². The summed E-state index contributed by atoms with van der Waals surface area (Å²) < 4.78 is 6.55. The number of anilines is 1. The zero-order valence-corrected chi connectivity index (χ0v) is 26.5. The largest absolute Gasteiger partial charge is 0.383 e. The van der Waals surface area contributed by atoms with Crippen LogP contribution < -0.4 is 4.90 Å². The first-order chi connectivity index (χ1) is 19.8. The molecular formula is C34H43BrN4O2. The number of nitrogens with zero attached hydrogens (tertiary/aromatic N) is 4. The van der Waals surface area contributed by atoms with Gasteiger partial charge in [0.05, 0.1) is 6.61 Å².